The van der Waals surface area contributed by atoms with Crippen molar-refractivity contribution in [1.82, 2.24) is 4.90 Å². The Morgan fingerprint density at radius 2 is 0.864 bits per heavy atom. The third kappa shape index (κ3) is 11.1. The molecule has 0 bridgehead atoms. The van der Waals surface area contributed by atoms with Crippen LogP contribution in [0.1, 0.15) is 41.5 Å². The Balaban J connectivity index is 4.64. The summed E-state index contributed by atoms with van der Waals surface area (Å²) < 4.78 is 15.1. The van der Waals surface area contributed by atoms with Crippen LogP contribution in [0.2, 0.25) is 0 Å². The highest BCUT2D eigenvalue weighted by Crippen LogP contribution is 1.99. The molecule has 0 spiro atoms. The minimum absolute atomic E-state index is 0.182. The second kappa shape index (κ2) is 10.2. The maximum atomic E-state index is 11.7. The Morgan fingerprint density at radius 1 is 0.636 bits per heavy atom. The average Bonchev–Trinajstić information content (AvgIpc) is 2.23. The standard InChI is InChI=1S/C15H27NO6/c1-10(2)20-13(17)7-16(8-14(18)21-11(3)4)9-15(19)22-12(5)6/h10-12H,7-9H2,1-6H3. The SMILES string of the molecule is CC(C)OC(=O)CN(CC(=O)OC(C)C)CC(=O)OC(C)C. The van der Waals surface area contributed by atoms with Crippen LogP contribution in [-0.2, 0) is 28.6 Å². The maximum absolute atomic E-state index is 11.7. The smallest absolute Gasteiger partial charge is 0.320 e. The Morgan fingerprint density at radius 3 is 1.05 bits per heavy atom. The molecule has 7 nitrogen and oxygen atoms in total. The third-order valence-electron chi connectivity index (χ3n) is 2.16. The molecule has 128 valence electrons. The highest BCUT2D eigenvalue weighted by atomic mass is 16.6. The molecule has 0 saturated carbocycles. The van der Waals surface area contributed by atoms with E-state index in [1.807, 2.05) is 0 Å². The summed E-state index contributed by atoms with van der Waals surface area (Å²) in [5.41, 5.74) is 0. The van der Waals surface area contributed by atoms with Crippen LogP contribution in [0.5, 0.6) is 0 Å². The summed E-state index contributed by atoms with van der Waals surface area (Å²) in [6, 6.07) is 0. The summed E-state index contributed by atoms with van der Waals surface area (Å²) in [6.45, 7) is 9.80. The molecule has 0 aliphatic carbocycles. The van der Waals surface area contributed by atoms with Crippen LogP contribution in [-0.4, -0.2) is 60.8 Å². The van der Waals surface area contributed by atoms with Gasteiger partial charge in [-0.1, -0.05) is 0 Å². The van der Waals surface area contributed by atoms with Gasteiger partial charge in [0.25, 0.3) is 0 Å². The molecule has 0 radical (unpaired) electrons. The molecule has 0 aromatic heterocycles. The number of hydrogen-bond acceptors (Lipinski definition) is 7. The Bertz CT molecular complexity index is 321. The molecule has 0 unspecified atom stereocenters. The summed E-state index contributed by atoms with van der Waals surface area (Å²) in [4.78, 5) is 36.5. The number of rotatable bonds is 9. The van der Waals surface area contributed by atoms with Crippen molar-refractivity contribution >= 4 is 17.9 Å². The van der Waals surface area contributed by atoms with E-state index in [4.69, 9.17) is 14.2 Å². The number of nitrogens with zero attached hydrogens (tertiary/aromatic N) is 1. The van der Waals surface area contributed by atoms with Gasteiger partial charge in [0.05, 0.1) is 37.9 Å². The van der Waals surface area contributed by atoms with Gasteiger partial charge in [-0.15, -0.1) is 0 Å². The lowest BCUT2D eigenvalue weighted by Crippen LogP contribution is -2.41. The fraction of sp³-hybridized carbons (Fsp3) is 0.800. The van der Waals surface area contributed by atoms with Crippen molar-refractivity contribution in [3.8, 4) is 0 Å². The second-order valence-electron chi connectivity index (χ2n) is 5.76. The van der Waals surface area contributed by atoms with Crippen LogP contribution in [0, 0.1) is 0 Å². The van der Waals surface area contributed by atoms with Gasteiger partial charge in [0.1, 0.15) is 0 Å². The molecule has 0 aromatic rings. The highest BCUT2D eigenvalue weighted by molar-refractivity contribution is 5.78. The van der Waals surface area contributed by atoms with Crippen molar-refractivity contribution < 1.29 is 28.6 Å². The summed E-state index contributed by atoms with van der Waals surface area (Å²) in [7, 11) is 0. The van der Waals surface area contributed by atoms with Crippen molar-refractivity contribution in [1.29, 1.82) is 0 Å². The molecule has 0 fully saturated rings. The molecule has 0 amide bonds. The summed E-state index contributed by atoms with van der Waals surface area (Å²) in [5, 5.41) is 0. The predicted molar refractivity (Wildman–Crippen MR) is 80.1 cm³/mol. The van der Waals surface area contributed by atoms with E-state index in [0.717, 1.165) is 0 Å². The van der Waals surface area contributed by atoms with Crippen molar-refractivity contribution in [2.75, 3.05) is 19.6 Å². The topological polar surface area (TPSA) is 82.1 Å². The molecular formula is C15H27NO6. The molecule has 7 heteroatoms. The lowest BCUT2D eigenvalue weighted by Gasteiger charge is -2.21. The van der Waals surface area contributed by atoms with Gasteiger partial charge in [-0.2, -0.15) is 0 Å². The van der Waals surface area contributed by atoms with E-state index in [9.17, 15) is 14.4 Å². The van der Waals surface area contributed by atoms with Crippen LogP contribution in [0.4, 0.5) is 0 Å². The first-order valence-corrected chi connectivity index (χ1v) is 7.41. The van der Waals surface area contributed by atoms with Gasteiger partial charge in [-0.25, -0.2) is 0 Å². The van der Waals surface area contributed by atoms with Crippen molar-refractivity contribution in [2.45, 2.75) is 59.9 Å². The number of ether oxygens (including phenoxy) is 3. The van der Waals surface area contributed by atoms with Gasteiger partial charge >= 0.3 is 17.9 Å². The summed E-state index contributed by atoms with van der Waals surface area (Å²) in [5.74, 6) is -1.53. The van der Waals surface area contributed by atoms with Crippen LogP contribution < -0.4 is 0 Å². The molecule has 0 N–H and O–H groups in total. The zero-order chi connectivity index (χ0) is 17.3. The van der Waals surface area contributed by atoms with Gasteiger partial charge in [0, 0.05) is 0 Å². The average molecular weight is 317 g/mol. The molecular weight excluding hydrogens is 290 g/mol. The minimum Gasteiger partial charge on any atom is -0.462 e. The van der Waals surface area contributed by atoms with Crippen LogP contribution in [0.3, 0.4) is 0 Å². The summed E-state index contributed by atoms with van der Waals surface area (Å²) in [6.07, 6.45) is -0.793. The van der Waals surface area contributed by atoms with E-state index in [1.54, 1.807) is 41.5 Å². The van der Waals surface area contributed by atoms with Crippen molar-refractivity contribution in [3.05, 3.63) is 0 Å². The largest absolute Gasteiger partial charge is 0.462 e. The first-order chi connectivity index (χ1) is 10.1. The number of carbonyl (C=O) groups is 3. The van der Waals surface area contributed by atoms with Crippen LogP contribution >= 0.6 is 0 Å². The fourth-order valence-electron chi connectivity index (χ4n) is 1.62. The molecule has 22 heavy (non-hydrogen) atoms. The quantitative estimate of drug-likeness (QED) is 0.466. The molecule has 0 rings (SSSR count). The zero-order valence-corrected chi connectivity index (χ0v) is 14.3. The predicted octanol–water partition coefficient (Wildman–Crippen LogP) is 1.14. The lowest BCUT2D eigenvalue weighted by molar-refractivity contribution is -0.155. The second-order valence-corrected chi connectivity index (χ2v) is 5.76. The first-order valence-electron chi connectivity index (χ1n) is 7.41. The number of esters is 3. The third-order valence-corrected chi connectivity index (χ3v) is 2.16. The van der Waals surface area contributed by atoms with Gasteiger partial charge in [-0.3, -0.25) is 19.3 Å². The molecule has 0 heterocycles. The molecule has 0 aliphatic heterocycles. The minimum atomic E-state index is -0.510. The Labute approximate surface area is 131 Å². The fourth-order valence-corrected chi connectivity index (χ4v) is 1.62. The Kier molecular flexibility index (Phi) is 9.40. The monoisotopic (exact) mass is 317 g/mol. The van der Waals surface area contributed by atoms with Crippen molar-refractivity contribution in [3.63, 3.8) is 0 Å². The van der Waals surface area contributed by atoms with E-state index in [-0.39, 0.29) is 37.9 Å². The zero-order valence-electron chi connectivity index (χ0n) is 14.3. The van der Waals surface area contributed by atoms with E-state index in [2.05, 4.69) is 0 Å². The van der Waals surface area contributed by atoms with E-state index < -0.39 is 17.9 Å². The first kappa shape index (κ1) is 20.4. The normalized spacial score (nSPS) is 11.2. The van der Waals surface area contributed by atoms with Gasteiger partial charge in [0.2, 0.25) is 0 Å². The number of carbonyl (C=O) groups excluding carboxylic acids is 3. The molecule has 0 aromatic carbocycles. The highest BCUT2D eigenvalue weighted by Gasteiger charge is 2.21. The van der Waals surface area contributed by atoms with E-state index in [0.29, 0.717) is 0 Å². The molecule has 0 saturated heterocycles. The molecule has 0 aliphatic rings. The number of hydrogen-bond donors (Lipinski definition) is 0. The molecule has 0 atom stereocenters. The van der Waals surface area contributed by atoms with Crippen LogP contribution in [0.25, 0.3) is 0 Å². The Hall–Kier alpha value is -1.63. The van der Waals surface area contributed by atoms with Crippen LogP contribution in [0.15, 0.2) is 0 Å². The van der Waals surface area contributed by atoms with Crippen molar-refractivity contribution in [2.24, 2.45) is 0 Å². The van der Waals surface area contributed by atoms with E-state index >= 15 is 0 Å². The summed E-state index contributed by atoms with van der Waals surface area (Å²) >= 11 is 0. The lowest BCUT2D eigenvalue weighted by atomic mass is 10.4. The van der Waals surface area contributed by atoms with Gasteiger partial charge in [0.15, 0.2) is 0 Å². The van der Waals surface area contributed by atoms with E-state index in [1.165, 1.54) is 4.90 Å². The van der Waals surface area contributed by atoms with Gasteiger partial charge in [-0.05, 0) is 41.5 Å². The maximum Gasteiger partial charge on any atom is 0.320 e. The van der Waals surface area contributed by atoms with Gasteiger partial charge < -0.3 is 14.2 Å².